The number of anilines is 1. The molecule has 1 aromatic carbocycles. The molecule has 0 atom stereocenters. The SMILES string of the molecule is Nc1cc(CCl)cc2sc(O)cc12. The molecule has 0 aliphatic carbocycles. The van der Waals surface area contributed by atoms with Crippen LogP contribution in [0.4, 0.5) is 5.69 Å². The first-order chi connectivity index (χ1) is 6.20. The maximum atomic E-state index is 9.27. The van der Waals surface area contributed by atoms with E-state index in [0.717, 1.165) is 15.6 Å². The van der Waals surface area contributed by atoms with Gasteiger partial charge >= 0.3 is 0 Å². The van der Waals surface area contributed by atoms with Gasteiger partial charge in [0.25, 0.3) is 0 Å². The summed E-state index contributed by atoms with van der Waals surface area (Å²) >= 11 is 7.01. The molecule has 68 valence electrons. The monoisotopic (exact) mass is 213 g/mol. The third-order valence-corrected chi connectivity index (χ3v) is 3.06. The van der Waals surface area contributed by atoms with E-state index in [1.807, 2.05) is 12.1 Å². The van der Waals surface area contributed by atoms with Gasteiger partial charge in [-0.25, -0.2) is 0 Å². The van der Waals surface area contributed by atoms with Crippen molar-refractivity contribution >= 4 is 38.7 Å². The lowest BCUT2D eigenvalue weighted by Crippen LogP contribution is -1.87. The van der Waals surface area contributed by atoms with Crippen molar-refractivity contribution in [2.45, 2.75) is 5.88 Å². The van der Waals surface area contributed by atoms with Gasteiger partial charge in [0.2, 0.25) is 0 Å². The Morgan fingerprint density at radius 2 is 2.15 bits per heavy atom. The Labute approximate surface area is 84.6 Å². The van der Waals surface area contributed by atoms with E-state index in [1.165, 1.54) is 11.3 Å². The summed E-state index contributed by atoms with van der Waals surface area (Å²) in [4.78, 5) is 0. The van der Waals surface area contributed by atoms with Gasteiger partial charge in [-0.05, 0) is 17.7 Å². The van der Waals surface area contributed by atoms with E-state index in [1.54, 1.807) is 6.07 Å². The summed E-state index contributed by atoms with van der Waals surface area (Å²) in [5, 5.41) is 10.5. The second kappa shape index (κ2) is 3.09. The average molecular weight is 214 g/mol. The predicted octanol–water partition coefficient (Wildman–Crippen LogP) is 2.93. The molecule has 0 fully saturated rings. The number of thiophene rings is 1. The van der Waals surface area contributed by atoms with Crippen LogP contribution in [0.2, 0.25) is 0 Å². The molecule has 1 aromatic heterocycles. The molecular weight excluding hydrogens is 206 g/mol. The number of nitrogen functional groups attached to an aromatic ring is 1. The smallest absolute Gasteiger partial charge is 0.172 e. The Kier molecular flexibility index (Phi) is 2.06. The van der Waals surface area contributed by atoms with Gasteiger partial charge in [-0.3, -0.25) is 0 Å². The minimum Gasteiger partial charge on any atom is -0.499 e. The molecule has 4 heteroatoms. The van der Waals surface area contributed by atoms with Crippen LogP contribution in [0.1, 0.15) is 5.56 Å². The third kappa shape index (κ3) is 1.45. The zero-order chi connectivity index (χ0) is 9.42. The molecule has 3 N–H and O–H groups in total. The summed E-state index contributed by atoms with van der Waals surface area (Å²) in [6.45, 7) is 0. The summed E-state index contributed by atoms with van der Waals surface area (Å²) in [7, 11) is 0. The van der Waals surface area contributed by atoms with Crippen molar-refractivity contribution in [1.29, 1.82) is 0 Å². The predicted molar refractivity (Wildman–Crippen MR) is 57.5 cm³/mol. The second-order valence-corrected chi connectivity index (χ2v) is 4.14. The van der Waals surface area contributed by atoms with Crippen molar-refractivity contribution in [3.8, 4) is 5.06 Å². The minimum absolute atomic E-state index is 0.286. The first kappa shape index (κ1) is 8.66. The summed E-state index contributed by atoms with van der Waals surface area (Å²) < 4.78 is 0.980. The lowest BCUT2D eigenvalue weighted by molar-refractivity contribution is 0.491. The van der Waals surface area contributed by atoms with Crippen LogP contribution in [0.25, 0.3) is 10.1 Å². The highest BCUT2D eigenvalue weighted by Gasteiger charge is 2.05. The summed E-state index contributed by atoms with van der Waals surface area (Å²) in [6.07, 6.45) is 0. The second-order valence-electron chi connectivity index (χ2n) is 2.82. The molecule has 0 radical (unpaired) electrons. The number of rotatable bonds is 1. The molecule has 0 saturated carbocycles. The van der Waals surface area contributed by atoms with E-state index < -0.39 is 0 Å². The van der Waals surface area contributed by atoms with Crippen molar-refractivity contribution in [3.05, 3.63) is 23.8 Å². The molecule has 0 amide bonds. The first-order valence-corrected chi connectivity index (χ1v) is 5.12. The molecule has 0 aliphatic heterocycles. The van der Waals surface area contributed by atoms with Crippen molar-refractivity contribution in [2.24, 2.45) is 0 Å². The number of alkyl halides is 1. The lowest BCUT2D eigenvalue weighted by Gasteiger charge is -1.99. The first-order valence-electron chi connectivity index (χ1n) is 3.77. The zero-order valence-corrected chi connectivity index (χ0v) is 8.32. The fourth-order valence-electron chi connectivity index (χ4n) is 1.29. The molecule has 0 bridgehead atoms. The van der Waals surface area contributed by atoms with Crippen LogP contribution >= 0.6 is 22.9 Å². The molecule has 1 heterocycles. The van der Waals surface area contributed by atoms with Gasteiger partial charge in [-0.1, -0.05) is 11.3 Å². The normalized spacial score (nSPS) is 10.8. The fraction of sp³-hybridized carbons (Fsp3) is 0.111. The van der Waals surface area contributed by atoms with Crippen LogP contribution in [0, 0.1) is 0 Å². The van der Waals surface area contributed by atoms with Gasteiger partial charge in [0.1, 0.15) is 0 Å². The van der Waals surface area contributed by atoms with Gasteiger partial charge < -0.3 is 10.8 Å². The molecule has 0 spiro atoms. The number of nitrogens with two attached hydrogens (primary N) is 1. The molecular formula is C9H8ClNOS. The molecule has 0 saturated heterocycles. The Morgan fingerprint density at radius 1 is 1.38 bits per heavy atom. The summed E-state index contributed by atoms with van der Waals surface area (Å²) in [5.74, 6) is 0.443. The lowest BCUT2D eigenvalue weighted by atomic mass is 10.1. The standard InChI is InChI=1S/C9H8ClNOS/c10-4-5-1-7(11)6-3-9(12)13-8(6)2-5/h1-3,12H,4,11H2. The summed E-state index contributed by atoms with van der Waals surface area (Å²) in [6, 6.07) is 5.46. The fourth-order valence-corrected chi connectivity index (χ4v) is 2.34. The van der Waals surface area contributed by atoms with Gasteiger partial charge in [-0.2, -0.15) is 0 Å². The summed E-state index contributed by atoms with van der Waals surface area (Å²) in [5.41, 5.74) is 7.43. The highest BCUT2D eigenvalue weighted by molar-refractivity contribution is 7.20. The van der Waals surface area contributed by atoms with E-state index in [9.17, 15) is 5.11 Å². The Bertz CT molecular complexity index is 452. The molecule has 2 aromatic rings. The Hall–Kier alpha value is -0.930. The van der Waals surface area contributed by atoms with Crippen LogP contribution in [0.15, 0.2) is 18.2 Å². The van der Waals surface area contributed by atoms with Crippen LogP contribution in [0.5, 0.6) is 5.06 Å². The number of benzene rings is 1. The van der Waals surface area contributed by atoms with E-state index in [4.69, 9.17) is 17.3 Å². The highest BCUT2D eigenvalue weighted by Crippen LogP contribution is 2.35. The van der Waals surface area contributed by atoms with Gasteiger partial charge in [0.15, 0.2) is 5.06 Å². The quantitative estimate of drug-likeness (QED) is 0.565. The van der Waals surface area contributed by atoms with Crippen LogP contribution in [-0.2, 0) is 5.88 Å². The number of aromatic hydroxyl groups is 1. The van der Waals surface area contributed by atoms with Gasteiger partial charge in [0, 0.05) is 27.7 Å². The van der Waals surface area contributed by atoms with E-state index >= 15 is 0 Å². The van der Waals surface area contributed by atoms with E-state index in [2.05, 4.69) is 0 Å². The van der Waals surface area contributed by atoms with Crippen molar-refractivity contribution in [3.63, 3.8) is 0 Å². The Balaban J connectivity index is 2.75. The van der Waals surface area contributed by atoms with Crippen LogP contribution < -0.4 is 5.73 Å². The largest absolute Gasteiger partial charge is 0.499 e. The number of hydrogen-bond donors (Lipinski definition) is 2. The molecule has 13 heavy (non-hydrogen) atoms. The van der Waals surface area contributed by atoms with Gasteiger partial charge in [-0.15, -0.1) is 11.6 Å². The molecule has 2 rings (SSSR count). The van der Waals surface area contributed by atoms with Crippen molar-refractivity contribution in [1.82, 2.24) is 0 Å². The van der Waals surface area contributed by atoms with Crippen LogP contribution in [-0.4, -0.2) is 5.11 Å². The number of hydrogen-bond acceptors (Lipinski definition) is 3. The average Bonchev–Trinajstić information content (AvgIpc) is 2.46. The molecule has 0 unspecified atom stereocenters. The maximum Gasteiger partial charge on any atom is 0.172 e. The maximum absolute atomic E-state index is 9.27. The van der Waals surface area contributed by atoms with E-state index in [-0.39, 0.29) is 5.06 Å². The van der Waals surface area contributed by atoms with Gasteiger partial charge in [0.05, 0.1) is 0 Å². The van der Waals surface area contributed by atoms with Crippen molar-refractivity contribution in [2.75, 3.05) is 5.73 Å². The topological polar surface area (TPSA) is 46.2 Å². The van der Waals surface area contributed by atoms with Crippen molar-refractivity contribution < 1.29 is 5.11 Å². The minimum atomic E-state index is 0.286. The number of halogens is 1. The molecule has 0 aliphatic rings. The van der Waals surface area contributed by atoms with E-state index in [0.29, 0.717) is 11.6 Å². The Morgan fingerprint density at radius 3 is 2.85 bits per heavy atom. The highest BCUT2D eigenvalue weighted by atomic mass is 35.5. The zero-order valence-electron chi connectivity index (χ0n) is 6.75. The van der Waals surface area contributed by atoms with Crippen LogP contribution in [0.3, 0.4) is 0 Å². The number of fused-ring (bicyclic) bond motifs is 1. The molecule has 2 nitrogen and oxygen atoms in total. The third-order valence-electron chi connectivity index (χ3n) is 1.87.